The molecule has 0 saturated carbocycles. The highest BCUT2D eigenvalue weighted by molar-refractivity contribution is 7.47. The second-order valence-electron chi connectivity index (χ2n) is 27.3. The molecule has 0 saturated heterocycles. The lowest BCUT2D eigenvalue weighted by Crippen LogP contribution is -2.30. The zero-order valence-electron chi connectivity index (χ0n) is 59.9. The number of unbranched alkanes of at least 4 members (excludes halogenated alkanes) is 42. The van der Waals surface area contributed by atoms with Crippen LogP contribution in [0.4, 0.5) is 0 Å². The van der Waals surface area contributed by atoms with E-state index in [1.54, 1.807) is 0 Å². The molecule has 0 aliphatic carbocycles. The van der Waals surface area contributed by atoms with Crippen molar-refractivity contribution < 1.29 is 80.2 Å². The third kappa shape index (κ3) is 66.7. The smallest absolute Gasteiger partial charge is 0.462 e. The molecule has 92 heavy (non-hydrogen) atoms. The first-order chi connectivity index (χ1) is 44.4. The average Bonchev–Trinajstić information content (AvgIpc) is 1.41. The van der Waals surface area contributed by atoms with E-state index in [0.29, 0.717) is 25.7 Å². The normalized spacial score (nSPS) is 14.1. The molecular weight excluding hydrogens is 1210 g/mol. The Kier molecular flexibility index (Phi) is 63.7. The van der Waals surface area contributed by atoms with Crippen LogP contribution in [0.3, 0.4) is 0 Å². The fourth-order valence-electron chi connectivity index (χ4n) is 11.1. The van der Waals surface area contributed by atoms with Gasteiger partial charge < -0.3 is 33.8 Å². The van der Waals surface area contributed by atoms with Gasteiger partial charge in [0.2, 0.25) is 0 Å². The van der Waals surface area contributed by atoms with Gasteiger partial charge in [0, 0.05) is 25.7 Å². The SMILES string of the molecule is CCCCCCCCCCCCCCCCC(=O)O[C@H](COC(=O)CCCCCCCCCCCCC(C)C)COP(=O)(O)OC[C@@H](O)COP(=O)(O)OC[C@@H](COC(=O)CCCCCCCCCCCC(C)C)OC(=O)CCCCCCCCCCCCCCC. The summed E-state index contributed by atoms with van der Waals surface area (Å²) in [5.74, 6) is -0.614. The zero-order chi connectivity index (χ0) is 67.9. The first-order valence-corrected chi connectivity index (χ1v) is 41.0. The van der Waals surface area contributed by atoms with Crippen LogP contribution in [0.1, 0.15) is 375 Å². The molecule has 0 aliphatic heterocycles. The Balaban J connectivity index is 5.27. The lowest BCUT2D eigenvalue weighted by molar-refractivity contribution is -0.161. The number of carbonyl (C=O) groups is 4. The maximum atomic E-state index is 13.0. The van der Waals surface area contributed by atoms with E-state index in [4.69, 9.17) is 37.0 Å². The first-order valence-electron chi connectivity index (χ1n) is 38.0. The summed E-state index contributed by atoms with van der Waals surface area (Å²) in [6.07, 6.45) is 51.2. The second-order valence-corrected chi connectivity index (χ2v) is 30.2. The molecule has 0 rings (SSSR count). The first kappa shape index (κ1) is 90.1. The van der Waals surface area contributed by atoms with Crippen LogP contribution in [-0.4, -0.2) is 96.7 Å². The van der Waals surface area contributed by atoms with Gasteiger partial charge in [-0.05, 0) is 37.5 Å². The van der Waals surface area contributed by atoms with Crippen molar-refractivity contribution in [1.29, 1.82) is 0 Å². The van der Waals surface area contributed by atoms with Crippen LogP contribution in [0.2, 0.25) is 0 Å². The summed E-state index contributed by atoms with van der Waals surface area (Å²) in [6, 6.07) is 0. The van der Waals surface area contributed by atoms with Crippen molar-refractivity contribution in [2.24, 2.45) is 11.8 Å². The summed E-state index contributed by atoms with van der Waals surface area (Å²) in [6.45, 7) is 9.56. The Hall–Kier alpha value is -1.94. The van der Waals surface area contributed by atoms with E-state index >= 15 is 0 Å². The Morgan fingerprint density at radius 1 is 0.293 bits per heavy atom. The predicted octanol–water partition coefficient (Wildman–Crippen LogP) is 21.2. The van der Waals surface area contributed by atoms with Crippen LogP contribution in [0.15, 0.2) is 0 Å². The Morgan fingerprint density at radius 3 is 0.739 bits per heavy atom. The van der Waals surface area contributed by atoms with Gasteiger partial charge in [0.25, 0.3) is 0 Å². The second kappa shape index (κ2) is 65.0. The lowest BCUT2D eigenvalue weighted by Gasteiger charge is -2.21. The van der Waals surface area contributed by atoms with Gasteiger partial charge in [0.15, 0.2) is 12.2 Å². The number of carbonyl (C=O) groups excluding carboxylic acids is 4. The Bertz CT molecular complexity index is 1790. The standard InChI is InChI=1S/C73H142O17P2/c1-7-9-11-13-15-17-19-21-23-25-33-40-46-52-58-73(78)89-68(61-83-70(75)55-49-43-37-31-27-26-29-35-41-47-53-65(3)4)63-87-91(79,80)85-59-67(74)60-86-92(81,82)88-64-69(62-84-71(76)56-50-44-38-34-28-30-36-42-48-54-66(5)6)90-72(77)57-51-45-39-32-24-22-20-18-16-14-12-10-8-2/h65-69,74H,7-64H2,1-6H3,(H,79,80)(H,81,82)/t67-,68-,69-/m1/s1. The lowest BCUT2D eigenvalue weighted by atomic mass is 10.0. The molecule has 0 fully saturated rings. The topological polar surface area (TPSA) is 237 Å². The number of ether oxygens (including phenoxy) is 4. The highest BCUT2D eigenvalue weighted by atomic mass is 31.2. The van der Waals surface area contributed by atoms with Crippen molar-refractivity contribution in [3.63, 3.8) is 0 Å². The van der Waals surface area contributed by atoms with Crippen molar-refractivity contribution in [1.82, 2.24) is 0 Å². The average molecular weight is 1350 g/mol. The quantitative estimate of drug-likeness (QED) is 0.0222. The molecule has 0 spiro atoms. The van der Waals surface area contributed by atoms with E-state index in [0.717, 1.165) is 102 Å². The molecule has 546 valence electrons. The van der Waals surface area contributed by atoms with E-state index in [2.05, 4.69) is 41.5 Å². The van der Waals surface area contributed by atoms with Gasteiger partial charge in [0.05, 0.1) is 26.4 Å². The molecule has 3 N–H and O–H groups in total. The number of phosphoric ester groups is 2. The molecule has 5 atom stereocenters. The van der Waals surface area contributed by atoms with E-state index in [1.807, 2.05) is 0 Å². The highest BCUT2D eigenvalue weighted by Crippen LogP contribution is 2.45. The number of rotatable bonds is 72. The molecule has 0 aromatic carbocycles. The minimum atomic E-state index is -4.95. The summed E-state index contributed by atoms with van der Waals surface area (Å²) in [5.41, 5.74) is 0. The minimum Gasteiger partial charge on any atom is -0.462 e. The molecule has 0 aromatic rings. The number of phosphoric acid groups is 2. The molecule has 0 bridgehead atoms. The predicted molar refractivity (Wildman–Crippen MR) is 372 cm³/mol. The third-order valence-corrected chi connectivity index (χ3v) is 18.9. The molecule has 0 radical (unpaired) electrons. The van der Waals surface area contributed by atoms with E-state index < -0.39 is 97.5 Å². The number of aliphatic hydroxyl groups is 1. The van der Waals surface area contributed by atoms with Crippen molar-refractivity contribution in [2.45, 2.75) is 394 Å². The van der Waals surface area contributed by atoms with Gasteiger partial charge in [-0.25, -0.2) is 9.13 Å². The molecule has 0 aromatic heterocycles. The summed E-state index contributed by atoms with van der Waals surface area (Å²) in [7, 11) is -9.91. The molecule has 2 unspecified atom stereocenters. The molecule has 0 amide bonds. The van der Waals surface area contributed by atoms with Gasteiger partial charge >= 0.3 is 39.5 Å². The number of aliphatic hydroxyl groups excluding tert-OH is 1. The molecule has 17 nitrogen and oxygen atoms in total. The fourth-order valence-corrected chi connectivity index (χ4v) is 12.7. The van der Waals surface area contributed by atoms with Crippen LogP contribution in [0.5, 0.6) is 0 Å². The van der Waals surface area contributed by atoms with Crippen LogP contribution >= 0.6 is 15.6 Å². The molecular formula is C73H142O17P2. The number of esters is 4. The molecule has 0 aliphatic rings. The minimum absolute atomic E-state index is 0.107. The Morgan fingerprint density at radius 2 is 0.500 bits per heavy atom. The summed E-state index contributed by atoms with van der Waals surface area (Å²) >= 11 is 0. The van der Waals surface area contributed by atoms with Crippen molar-refractivity contribution >= 4 is 39.5 Å². The Labute approximate surface area is 562 Å². The largest absolute Gasteiger partial charge is 0.472 e. The maximum absolute atomic E-state index is 13.0. The summed E-state index contributed by atoms with van der Waals surface area (Å²) in [5, 5.41) is 10.6. The van der Waals surface area contributed by atoms with Gasteiger partial charge in [-0.3, -0.25) is 37.3 Å². The highest BCUT2D eigenvalue weighted by Gasteiger charge is 2.30. The van der Waals surface area contributed by atoms with Crippen molar-refractivity contribution in [3.8, 4) is 0 Å². The van der Waals surface area contributed by atoms with Crippen LogP contribution in [-0.2, 0) is 65.4 Å². The van der Waals surface area contributed by atoms with Crippen molar-refractivity contribution in [2.75, 3.05) is 39.6 Å². The number of hydrogen-bond acceptors (Lipinski definition) is 15. The van der Waals surface area contributed by atoms with Gasteiger partial charge in [0.1, 0.15) is 19.3 Å². The van der Waals surface area contributed by atoms with Gasteiger partial charge in [-0.2, -0.15) is 0 Å². The van der Waals surface area contributed by atoms with Crippen LogP contribution in [0.25, 0.3) is 0 Å². The maximum Gasteiger partial charge on any atom is 0.472 e. The van der Waals surface area contributed by atoms with E-state index in [-0.39, 0.29) is 25.7 Å². The fraction of sp³-hybridized carbons (Fsp3) is 0.945. The third-order valence-electron chi connectivity index (χ3n) is 17.0. The molecule has 19 heteroatoms. The van der Waals surface area contributed by atoms with Gasteiger partial charge in [-0.1, -0.05) is 324 Å². The summed E-state index contributed by atoms with van der Waals surface area (Å²) < 4.78 is 68.4. The van der Waals surface area contributed by atoms with Crippen LogP contribution in [0, 0.1) is 11.8 Å². The number of hydrogen-bond donors (Lipinski definition) is 3. The zero-order valence-corrected chi connectivity index (χ0v) is 61.6. The van der Waals surface area contributed by atoms with E-state index in [1.165, 1.54) is 193 Å². The van der Waals surface area contributed by atoms with Gasteiger partial charge in [-0.15, -0.1) is 0 Å². The summed E-state index contributed by atoms with van der Waals surface area (Å²) in [4.78, 5) is 72.7. The van der Waals surface area contributed by atoms with E-state index in [9.17, 15) is 43.2 Å². The monoisotopic (exact) mass is 1350 g/mol. The molecule has 0 heterocycles. The van der Waals surface area contributed by atoms with Crippen LogP contribution < -0.4 is 0 Å². The van der Waals surface area contributed by atoms with Crippen molar-refractivity contribution in [3.05, 3.63) is 0 Å².